The number of fused-ring (bicyclic) bond motifs is 1. The zero-order chi connectivity index (χ0) is 28.6. The molecule has 208 valence electrons. The second kappa shape index (κ2) is 10.8. The molecule has 0 spiro atoms. The summed E-state index contributed by atoms with van der Waals surface area (Å²) in [5.74, 6) is -0.217. The molecule has 2 amide bonds. The summed E-state index contributed by atoms with van der Waals surface area (Å²) >= 11 is 1.35. The van der Waals surface area contributed by atoms with Crippen LogP contribution in [-0.2, 0) is 4.79 Å². The Morgan fingerprint density at radius 3 is 2.45 bits per heavy atom. The highest BCUT2D eigenvalue weighted by atomic mass is 32.1. The van der Waals surface area contributed by atoms with Gasteiger partial charge in [0, 0.05) is 49.4 Å². The summed E-state index contributed by atoms with van der Waals surface area (Å²) in [7, 11) is 0. The molecule has 1 atom stereocenters. The van der Waals surface area contributed by atoms with Gasteiger partial charge in [-0.15, -0.1) is 0 Å². The molecule has 5 rings (SSSR count). The first-order valence-electron chi connectivity index (χ1n) is 13.1. The van der Waals surface area contributed by atoms with Crippen LogP contribution in [0.2, 0.25) is 0 Å². The number of nitrogens with two attached hydrogens (primary N) is 1. The number of carbonyl (C=O) groups excluding carboxylic acids is 1. The molecule has 1 aliphatic heterocycles. The quantitative estimate of drug-likeness (QED) is 0.296. The lowest BCUT2D eigenvalue weighted by molar-refractivity contribution is -0.149. The average molecular weight is 562 g/mol. The molecule has 11 nitrogen and oxygen atoms in total. The average Bonchev–Trinajstić information content (AvgIpc) is 3.37. The second-order valence-corrected chi connectivity index (χ2v) is 11.2. The minimum Gasteiger partial charge on any atom is -0.481 e. The van der Waals surface area contributed by atoms with Crippen molar-refractivity contribution in [3.63, 3.8) is 0 Å². The van der Waals surface area contributed by atoms with Crippen LogP contribution in [0.3, 0.4) is 0 Å². The number of pyridine rings is 1. The number of urea groups is 1. The number of carboxylic acids is 1. The smallest absolute Gasteiger partial charge is 0.321 e. The summed E-state index contributed by atoms with van der Waals surface area (Å²) in [6.45, 7) is 6.83. The fourth-order valence-corrected chi connectivity index (χ4v) is 5.92. The highest BCUT2D eigenvalue weighted by Crippen LogP contribution is 2.40. The largest absolute Gasteiger partial charge is 0.481 e. The number of aliphatic hydroxyl groups is 1. The van der Waals surface area contributed by atoms with Gasteiger partial charge in [-0.3, -0.25) is 14.7 Å². The third-order valence-electron chi connectivity index (χ3n) is 7.47. The number of thiazole rings is 1. The van der Waals surface area contributed by atoms with Crippen molar-refractivity contribution < 1.29 is 19.8 Å². The number of anilines is 2. The van der Waals surface area contributed by atoms with Gasteiger partial charge in [-0.1, -0.05) is 11.3 Å². The van der Waals surface area contributed by atoms with Crippen LogP contribution in [0.25, 0.3) is 32.6 Å². The number of benzene rings is 1. The van der Waals surface area contributed by atoms with Gasteiger partial charge in [0.15, 0.2) is 5.13 Å². The number of primary amides is 1. The minimum absolute atomic E-state index is 0.379. The van der Waals surface area contributed by atoms with Gasteiger partial charge in [0.1, 0.15) is 0 Å². The number of aliphatic carboxylic acids is 1. The van der Waals surface area contributed by atoms with Crippen LogP contribution in [0.15, 0.2) is 42.9 Å². The number of carboxylic acid groups (broad SMARTS) is 1. The molecule has 1 fully saturated rings. The summed E-state index contributed by atoms with van der Waals surface area (Å²) in [5.41, 5.74) is 9.31. The Morgan fingerprint density at radius 2 is 1.85 bits per heavy atom. The van der Waals surface area contributed by atoms with Crippen molar-refractivity contribution in [3.05, 3.63) is 48.4 Å². The molecule has 1 aliphatic rings. The van der Waals surface area contributed by atoms with Gasteiger partial charge < -0.3 is 20.8 Å². The number of amides is 2. The Balaban J connectivity index is 1.54. The fourth-order valence-electron chi connectivity index (χ4n) is 4.78. The molecule has 1 unspecified atom stereocenters. The first-order valence-corrected chi connectivity index (χ1v) is 13.9. The van der Waals surface area contributed by atoms with Crippen molar-refractivity contribution in [2.45, 2.75) is 39.7 Å². The van der Waals surface area contributed by atoms with E-state index in [0.717, 1.165) is 27.0 Å². The molecule has 1 saturated heterocycles. The predicted molar refractivity (Wildman–Crippen MR) is 154 cm³/mol. The Bertz CT molecular complexity index is 1560. The maximum Gasteiger partial charge on any atom is 0.321 e. The summed E-state index contributed by atoms with van der Waals surface area (Å²) in [6, 6.07) is 6.93. The summed E-state index contributed by atoms with van der Waals surface area (Å²) in [4.78, 5) is 45.5. The van der Waals surface area contributed by atoms with Crippen molar-refractivity contribution in [2.75, 3.05) is 29.4 Å². The lowest BCUT2D eigenvalue weighted by Gasteiger charge is -2.36. The molecule has 4 aromatic rings. The molecule has 4 heterocycles. The molecule has 0 aliphatic carbocycles. The third kappa shape index (κ3) is 5.19. The number of hydrogen-bond acceptors (Lipinski definition) is 9. The Morgan fingerprint density at radius 1 is 1.15 bits per heavy atom. The van der Waals surface area contributed by atoms with E-state index in [0.29, 0.717) is 54.8 Å². The third-order valence-corrected chi connectivity index (χ3v) is 8.60. The normalized spacial score (nSPS) is 15.7. The summed E-state index contributed by atoms with van der Waals surface area (Å²) in [6.07, 6.45) is 5.54. The van der Waals surface area contributed by atoms with Crippen molar-refractivity contribution >= 4 is 44.6 Å². The van der Waals surface area contributed by atoms with Gasteiger partial charge in [0.25, 0.3) is 0 Å². The van der Waals surface area contributed by atoms with Gasteiger partial charge in [0.2, 0.25) is 5.95 Å². The Kier molecular flexibility index (Phi) is 7.39. The molecule has 0 radical (unpaired) electrons. The number of nitrogens with zero attached hydrogens (tertiary/aromatic N) is 6. The Hall–Kier alpha value is -4.16. The number of aliphatic hydroxyl groups excluding tert-OH is 1. The van der Waals surface area contributed by atoms with Crippen molar-refractivity contribution in [3.8, 4) is 22.4 Å². The molecule has 4 N–H and O–H groups in total. The van der Waals surface area contributed by atoms with Crippen molar-refractivity contribution in [1.29, 1.82) is 0 Å². The van der Waals surface area contributed by atoms with E-state index in [1.54, 1.807) is 38.5 Å². The van der Waals surface area contributed by atoms with Crippen LogP contribution < -0.4 is 15.5 Å². The highest BCUT2D eigenvalue weighted by Gasteiger charge is 2.37. The first kappa shape index (κ1) is 27.4. The predicted octanol–water partition coefficient (Wildman–Crippen LogP) is 4.46. The number of piperidine rings is 1. The maximum absolute atomic E-state index is 12.0. The monoisotopic (exact) mass is 561 g/mol. The van der Waals surface area contributed by atoms with Crippen molar-refractivity contribution in [2.24, 2.45) is 11.1 Å². The standard InChI is InChI=1S/C28H31N7O4S/c1-4-35(25(29)39)27-33-22-13-18(11-20(23(22)40-27)21-12-17(16(2)36)5-8-30-21)19-14-31-26(32-15-19)34-9-6-28(3,7-10-34)24(37)38/h5,8,11-16,36H,4,6-7,9-10H2,1-3H3,(H2,29,39)(H,37,38). The van der Waals surface area contributed by atoms with E-state index >= 15 is 0 Å². The van der Waals surface area contributed by atoms with E-state index in [1.165, 1.54) is 16.2 Å². The Labute approximate surface area is 235 Å². The van der Waals surface area contributed by atoms with E-state index < -0.39 is 23.5 Å². The molecular weight excluding hydrogens is 530 g/mol. The van der Waals surface area contributed by atoms with Crippen LogP contribution >= 0.6 is 11.3 Å². The topological polar surface area (TPSA) is 159 Å². The fraction of sp³-hybridized carbons (Fsp3) is 0.357. The van der Waals surface area contributed by atoms with Crippen LogP contribution in [0.1, 0.15) is 45.3 Å². The molecular formula is C28H31N7O4S. The van der Waals surface area contributed by atoms with E-state index in [4.69, 9.17) is 10.7 Å². The van der Waals surface area contributed by atoms with E-state index in [1.807, 2.05) is 30.0 Å². The van der Waals surface area contributed by atoms with Crippen LogP contribution in [-0.4, -0.2) is 61.8 Å². The second-order valence-electron chi connectivity index (χ2n) is 10.2. The zero-order valence-corrected chi connectivity index (χ0v) is 23.4. The SMILES string of the molecule is CCN(C(N)=O)c1nc2cc(-c3cnc(N4CCC(C)(C(=O)O)CC4)nc3)cc(-c3cc(C(C)O)ccn3)c2s1. The minimum atomic E-state index is -0.772. The first-order chi connectivity index (χ1) is 19.1. The maximum atomic E-state index is 12.0. The van der Waals surface area contributed by atoms with Crippen LogP contribution in [0, 0.1) is 5.41 Å². The van der Waals surface area contributed by atoms with Crippen molar-refractivity contribution in [1.82, 2.24) is 19.9 Å². The number of aromatic nitrogens is 4. The van der Waals surface area contributed by atoms with E-state index in [-0.39, 0.29) is 0 Å². The van der Waals surface area contributed by atoms with E-state index in [9.17, 15) is 19.8 Å². The van der Waals surface area contributed by atoms with E-state index in [2.05, 4.69) is 15.0 Å². The number of carbonyl (C=O) groups is 2. The molecule has 40 heavy (non-hydrogen) atoms. The number of rotatable bonds is 7. The summed E-state index contributed by atoms with van der Waals surface area (Å²) < 4.78 is 0.834. The lowest BCUT2D eigenvalue weighted by atomic mass is 9.80. The van der Waals surface area contributed by atoms with Gasteiger partial charge in [0.05, 0.1) is 27.4 Å². The number of hydrogen-bond donors (Lipinski definition) is 3. The molecule has 0 saturated carbocycles. The lowest BCUT2D eigenvalue weighted by Crippen LogP contribution is -2.43. The molecule has 3 aromatic heterocycles. The van der Waals surface area contributed by atoms with Crippen LogP contribution in [0.4, 0.5) is 15.9 Å². The highest BCUT2D eigenvalue weighted by molar-refractivity contribution is 7.23. The molecule has 0 bridgehead atoms. The summed E-state index contributed by atoms with van der Waals surface area (Å²) in [5, 5.41) is 20.2. The molecule has 1 aromatic carbocycles. The van der Waals surface area contributed by atoms with Gasteiger partial charge in [-0.05, 0) is 69.0 Å². The zero-order valence-electron chi connectivity index (χ0n) is 22.5. The van der Waals surface area contributed by atoms with Gasteiger partial charge in [-0.25, -0.2) is 19.7 Å². The van der Waals surface area contributed by atoms with Gasteiger partial charge >= 0.3 is 12.0 Å². The van der Waals surface area contributed by atoms with Crippen LogP contribution in [0.5, 0.6) is 0 Å². The van der Waals surface area contributed by atoms with Gasteiger partial charge in [-0.2, -0.15) is 0 Å². The molecule has 12 heteroatoms.